The van der Waals surface area contributed by atoms with Crippen LogP contribution < -0.4 is 0 Å². The number of aryl methyl sites for hydroxylation is 1. The van der Waals surface area contributed by atoms with Gasteiger partial charge >= 0.3 is 0 Å². The quantitative estimate of drug-likeness (QED) is 0.181. The fourth-order valence-electron chi connectivity index (χ4n) is 3.71. The zero-order valence-corrected chi connectivity index (χ0v) is 45.5. The van der Waals surface area contributed by atoms with Gasteiger partial charge in [0, 0.05) is 300 Å². The van der Waals surface area contributed by atoms with Gasteiger partial charge in [0.2, 0.25) is 0 Å². The molecule has 9 radical (unpaired) electrons. The Bertz CT molecular complexity index is 885. The second kappa shape index (κ2) is 29.5. The Balaban J connectivity index is -0.000000234. The van der Waals surface area contributed by atoms with E-state index in [1.807, 2.05) is 36.4 Å². The van der Waals surface area contributed by atoms with Gasteiger partial charge in [0.25, 0.3) is 0 Å². The van der Waals surface area contributed by atoms with Crippen LogP contribution >= 0.6 is 0 Å². The van der Waals surface area contributed by atoms with Gasteiger partial charge in [0.1, 0.15) is 0 Å². The molecule has 0 N–H and O–H groups in total. The van der Waals surface area contributed by atoms with Crippen LogP contribution in [0.1, 0.15) is 27.8 Å². The minimum Gasteiger partial charge on any atom is -0.184 e. The van der Waals surface area contributed by atoms with Crippen molar-refractivity contribution in [3.8, 4) is 0 Å². The molecule has 0 heterocycles. The molecule has 0 aromatic heterocycles. The number of benzene rings is 4. The van der Waals surface area contributed by atoms with Crippen LogP contribution in [0.4, 0.5) is 0 Å². The number of rotatable bonds is 4. The maximum atomic E-state index is 3.16. The van der Waals surface area contributed by atoms with Crippen molar-refractivity contribution in [2.45, 2.75) is 12.3 Å². The summed E-state index contributed by atoms with van der Waals surface area (Å²) in [5.41, 5.74) is 5.76. The van der Waals surface area contributed by atoms with Crippen LogP contribution in [-0.4, -0.2) is 0 Å². The SMILES string of the molecule is Cc1ccc(C(c2cc[c-]cc2)(c2cc[c-]cc2)c2cc[c-]cc2)cc1.[Y].[Y].[Y].[Y].[Y].[Y].[Y].[Y].[Y]. The van der Waals surface area contributed by atoms with E-state index in [9.17, 15) is 0 Å². The van der Waals surface area contributed by atoms with Crippen molar-refractivity contribution in [2.75, 3.05) is 0 Å². The molecule has 0 saturated carbocycles. The second-order valence-corrected chi connectivity index (χ2v) is 6.48. The molecule has 4 aromatic rings. The average Bonchev–Trinajstić information content (AvgIpc) is 2.72. The van der Waals surface area contributed by atoms with Crippen LogP contribution in [0.2, 0.25) is 0 Å². The third-order valence-electron chi connectivity index (χ3n) is 4.94. The monoisotopic (exact) mass is 1130 g/mol. The van der Waals surface area contributed by atoms with Gasteiger partial charge in [-0.3, -0.25) is 0 Å². The van der Waals surface area contributed by atoms with Gasteiger partial charge in [-0.05, 0) is 12.5 Å². The van der Waals surface area contributed by atoms with Crippen molar-refractivity contribution in [3.05, 3.63) is 143 Å². The first-order valence-electron chi connectivity index (χ1n) is 8.79. The van der Waals surface area contributed by atoms with E-state index in [1.54, 1.807) is 0 Å². The minimum absolute atomic E-state index is 0. The molecule has 0 unspecified atom stereocenters. The van der Waals surface area contributed by atoms with Crippen LogP contribution in [0.25, 0.3) is 0 Å². The molecule has 0 amide bonds. The summed E-state index contributed by atoms with van der Waals surface area (Å²) in [5.74, 6) is 0. The predicted octanol–water partition coefficient (Wildman–Crippen LogP) is 5.76. The molecule has 9 heteroatoms. The van der Waals surface area contributed by atoms with Crippen LogP contribution in [0.15, 0.2) is 97.1 Å². The van der Waals surface area contributed by atoms with E-state index in [1.165, 1.54) is 27.8 Å². The molecule has 0 nitrogen and oxygen atoms in total. The van der Waals surface area contributed by atoms with Crippen LogP contribution in [0.3, 0.4) is 0 Å². The maximum Gasteiger partial charge on any atom is 0.00401 e. The average molecular weight is 1130 g/mol. The largest absolute Gasteiger partial charge is 0.184 e. The fraction of sp³-hybridized carbons (Fsp3) is 0.0769. The predicted molar refractivity (Wildman–Crippen MR) is 106 cm³/mol. The summed E-state index contributed by atoms with van der Waals surface area (Å²) in [6, 6.07) is 43.2. The molecule has 0 saturated heterocycles. The summed E-state index contributed by atoms with van der Waals surface area (Å²) in [6.07, 6.45) is 0. The van der Waals surface area contributed by atoms with E-state index in [0.29, 0.717) is 0 Å². The van der Waals surface area contributed by atoms with Crippen molar-refractivity contribution in [1.29, 1.82) is 0 Å². The molecule has 0 bridgehead atoms. The molecule has 0 aliphatic heterocycles. The molecule has 0 aliphatic carbocycles. The van der Waals surface area contributed by atoms with E-state index in [0.717, 1.165) is 0 Å². The first-order valence-corrected chi connectivity index (χ1v) is 8.79. The van der Waals surface area contributed by atoms with Gasteiger partial charge in [-0.2, -0.15) is 91.0 Å². The van der Waals surface area contributed by atoms with Crippen LogP contribution in [0.5, 0.6) is 0 Å². The minimum atomic E-state index is -0.396. The molecule has 153 valence electrons. The van der Waals surface area contributed by atoms with E-state index in [2.05, 4.69) is 85.8 Å². The molecular formula is C26H19Y9-3. The Hall–Kier alpha value is 6.82. The molecule has 0 aliphatic rings. The summed E-state index contributed by atoms with van der Waals surface area (Å²) in [4.78, 5) is 0. The molecule has 0 spiro atoms. The summed E-state index contributed by atoms with van der Waals surface area (Å²) < 4.78 is 0. The van der Waals surface area contributed by atoms with Gasteiger partial charge in [0.15, 0.2) is 0 Å². The van der Waals surface area contributed by atoms with Crippen LogP contribution in [-0.2, 0) is 300 Å². The van der Waals surface area contributed by atoms with Crippen molar-refractivity contribution < 1.29 is 294 Å². The number of hydrogen-bond donors (Lipinski definition) is 0. The molecular weight excluding hydrogens is 1110 g/mol. The van der Waals surface area contributed by atoms with Gasteiger partial charge < -0.3 is 0 Å². The van der Waals surface area contributed by atoms with Gasteiger partial charge in [-0.1, -0.05) is 29.8 Å². The van der Waals surface area contributed by atoms with E-state index >= 15 is 0 Å². The fourth-order valence-corrected chi connectivity index (χ4v) is 3.71. The van der Waals surface area contributed by atoms with E-state index in [-0.39, 0.29) is 294 Å². The van der Waals surface area contributed by atoms with Crippen molar-refractivity contribution in [1.82, 2.24) is 0 Å². The van der Waals surface area contributed by atoms with Gasteiger partial charge in [0.05, 0.1) is 0 Å². The van der Waals surface area contributed by atoms with Crippen molar-refractivity contribution >= 4 is 0 Å². The van der Waals surface area contributed by atoms with E-state index < -0.39 is 5.41 Å². The summed E-state index contributed by atoms with van der Waals surface area (Å²) in [5, 5.41) is 0. The normalized spacial score (nSPS) is 8.37. The molecule has 0 fully saturated rings. The molecule has 4 aromatic carbocycles. The first kappa shape index (κ1) is 54.3. The Kier molecular flexibility index (Phi) is 45.8. The topological polar surface area (TPSA) is 0 Å². The standard InChI is InChI=1S/C26H19.9Y/c1-21-17-19-25(20-18-21)26(22-11-5-2-6-12-22,23-13-7-3-8-14-23)24-15-9-4-10-16-24;;;;;;;;;/h5-20H,1H3;;;;;;;;;/q-3;;;;;;;;;. The van der Waals surface area contributed by atoms with Crippen molar-refractivity contribution in [3.63, 3.8) is 0 Å². The number of hydrogen-bond acceptors (Lipinski definition) is 0. The zero-order chi connectivity index (χ0) is 17.8. The summed E-state index contributed by atoms with van der Waals surface area (Å²) in [7, 11) is 0. The van der Waals surface area contributed by atoms with Gasteiger partial charge in [-0.15, -0.1) is 16.7 Å². The Morgan fingerprint density at radius 3 is 0.857 bits per heavy atom. The van der Waals surface area contributed by atoms with Crippen molar-refractivity contribution in [2.24, 2.45) is 0 Å². The first-order chi connectivity index (χ1) is 12.8. The second-order valence-electron chi connectivity index (χ2n) is 6.48. The third-order valence-corrected chi connectivity index (χ3v) is 4.94. The summed E-state index contributed by atoms with van der Waals surface area (Å²) in [6.45, 7) is 2.12. The third kappa shape index (κ3) is 14.6. The smallest absolute Gasteiger partial charge is 0.00401 e. The zero-order valence-electron chi connectivity index (χ0n) is 19.9. The molecule has 35 heavy (non-hydrogen) atoms. The van der Waals surface area contributed by atoms with E-state index in [4.69, 9.17) is 0 Å². The molecule has 4 rings (SSSR count). The van der Waals surface area contributed by atoms with Gasteiger partial charge in [-0.25, -0.2) is 0 Å². The van der Waals surface area contributed by atoms with Crippen LogP contribution in [0, 0.1) is 25.1 Å². The Morgan fingerprint density at radius 2 is 0.600 bits per heavy atom. The Labute approximate surface area is 438 Å². The molecule has 0 atom stereocenters. The summed E-state index contributed by atoms with van der Waals surface area (Å²) >= 11 is 0. The Morgan fingerprint density at radius 1 is 0.371 bits per heavy atom. The maximum absolute atomic E-state index is 3.16.